The number of carboxylic acid groups (broad SMARTS) is 1. The van der Waals surface area contributed by atoms with E-state index in [1.807, 2.05) is 0 Å². The van der Waals surface area contributed by atoms with Gasteiger partial charge in [0.15, 0.2) is 0 Å². The highest BCUT2D eigenvalue weighted by molar-refractivity contribution is 7.89. The zero-order valence-electron chi connectivity index (χ0n) is 11.8. The summed E-state index contributed by atoms with van der Waals surface area (Å²) in [6.45, 7) is 3.19. The van der Waals surface area contributed by atoms with Gasteiger partial charge in [-0.2, -0.15) is 0 Å². The van der Waals surface area contributed by atoms with Gasteiger partial charge in [0.05, 0.1) is 18.2 Å². The van der Waals surface area contributed by atoms with Crippen molar-refractivity contribution in [2.75, 3.05) is 5.75 Å². The molecular formula is C12H22N2O5S. The van der Waals surface area contributed by atoms with Crippen LogP contribution >= 0.6 is 0 Å². The maximum absolute atomic E-state index is 11.9. The number of nitrogens with one attached hydrogen (secondary N) is 2. The zero-order valence-corrected chi connectivity index (χ0v) is 12.6. The van der Waals surface area contributed by atoms with E-state index in [2.05, 4.69) is 10.0 Å². The third kappa shape index (κ3) is 5.87. The summed E-state index contributed by atoms with van der Waals surface area (Å²) in [5.41, 5.74) is 0. The van der Waals surface area contributed by atoms with Crippen molar-refractivity contribution in [3.05, 3.63) is 0 Å². The molecule has 0 bridgehead atoms. The lowest BCUT2D eigenvalue weighted by atomic mass is 10.1. The minimum absolute atomic E-state index is 0.0359. The van der Waals surface area contributed by atoms with Gasteiger partial charge in [-0.05, 0) is 32.1 Å². The zero-order chi connectivity index (χ0) is 15.3. The van der Waals surface area contributed by atoms with Gasteiger partial charge in [-0.1, -0.05) is 6.92 Å². The van der Waals surface area contributed by atoms with E-state index < -0.39 is 34.0 Å². The third-order valence-electron chi connectivity index (χ3n) is 3.14. The molecule has 0 saturated heterocycles. The Balaban J connectivity index is 2.53. The molecule has 3 N–H and O–H groups in total. The van der Waals surface area contributed by atoms with Gasteiger partial charge in [0.2, 0.25) is 15.9 Å². The number of hydrogen-bond acceptors (Lipinski definition) is 4. The highest BCUT2D eigenvalue weighted by Gasteiger charge is 2.34. The Bertz CT molecular complexity index is 458. The molecule has 0 spiro atoms. The molecule has 116 valence electrons. The second kappa shape index (κ2) is 7.03. The first-order valence-corrected chi connectivity index (χ1v) is 8.42. The number of carboxylic acids is 1. The van der Waals surface area contributed by atoms with E-state index >= 15 is 0 Å². The normalized spacial score (nSPS) is 18.3. The Morgan fingerprint density at radius 2 is 1.95 bits per heavy atom. The summed E-state index contributed by atoms with van der Waals surface area (Å²) >= 11 is 0. The standard InChI is InChI=1S/C12H22N2O5S/c1-3-6-20(18,19)14-8(2)12(17)13-10(7-11(15)16)9-4-5-9/h8-10,14H,3-7H2,1-2H3,(H,13,17)(H,15,16). The molecule has 0 aromatic carbocycles. The fourth-order valence-corrected chi connectivity index (χ4v) is 3.28. The molecule has 0 heterocycles. The molecule has 1 rings (SSSR count). The van der Waals surface area contributed by atoms with Crippen LogP contribution in [-0.2, 0) is 19.6 Å². The van der Waals surface area contributed by atoms with Crippen LogP contribution in [0.1, 0.15) is 39.5 Å². The molecule has 2 atom stereocenters. The Morgan fingerprint density at radius 3 is 2.40 bits per heavy atom. The van der Waals surface area contributed by atoms with E-state index in [1.165, 1.54) is 6.92 Å². The Labute approximate surface area is 119 Å². The molecule has 0 radical (unpaired) electrons. The molecule has 1 aliphatic carbocycles. The minimum atomic E-state index is -3.47. The fraction of sp³-hybridized carbons (Fsp3) is 0.833. The second-order valence-corrected chi connectivity index (χ2v) is 7.08. The molecule has 0 aliphatic heterocycles. The van der Waals surface area contributed by atoms with Crippen molar-refractivity contribution >= 4 is 21.9 Å². The van der Waals surface area contributed by atoms with Gasteiger partial charge < -0.3 is 10.4 Å². The van der Waals surface area contributed by atoms with Gasteiger partial charge in [0.1, 0.15) is 0 Å². The Morgan fingerprint density at radius 1 is 1.35 bits per heavy atom. The smallest absolute Gasteiger partial charge is 0.305 e. The first-order valence-electron chi connectivity index (χ1n) is 6.77. The summed E-state index contributed by atoms with van der Waals surface area (Å²) in [5.74, 6) is -1.30. The fourth-order valence-electron chi connectivity index (χ4n) is 1.98. The average Bonchev–Trinajstić information content (AvgIpc) is 3.09. The molecule has 0 aromatic heterocycles. The molecule has 1 amide bonds. The van der Waals surface area contributed by atoms with Crippen molar-refractivity contribution in [1.29, 1.82) is 0 Å². The van der Waals surface area contributed by atoms with E-state index in [0.29, 0.717) is 6.42 Å². The first kappa shape index (κ1) is 16.9. The van der Waals surface area contributed by atoms with E-state index in [4.69, 9.17) is 5.11 Å². The van der Waals surface area contributed by atoms with Gasteiger partial charge in [0, 0.05) is 6.04 Å². The molecule has 7 nitrogen and oxygen atoms in total. The van der Waals surface area contributed by atoms with Crippen LogP contribution < -0.4 is 10.0 Å². The number of hydrogen-bond donors (Lipinski definition) is 3. The topological polar surface area (TPSA) is 113 Å². The third-order valence-corrected chi connectivity index (χ3v) is 4.79. The molecule has 0 aromatic rings. The number of carbonyl (C=O) groups excluding carboxylic acids is 1. The van der Waals surface area contributed by atoms with Crippen LogP contribution in [0.15, 0.2) is 0 Å². The average molecular weight is 306 g/mol. The predicted octanol–water partition coefficient (Wildman–Crippen LogP) is 0.0738. The van der Waals surface area contributed by atoms with Gasteiger partial charge in [-0.25, -0.2) is 13.1 Å². The lowest BCUT2D eigenvalue weighted by molar-refractivity contribution is -0.138. The SMILES string of the molecule is CCCS(=O)(=O)NC(C)C(=O)NC(CC(=O)O)C1CC1. The van der Waals surface area contributed by atoms with Crippen molar-refractivity contribution in [3.63, 3.8) is 0 Å². The van der Waals surface area contributed by atoms with Crippen LogP contribution in [0.4, 0.5) is 0 Å². The number of carbonyl (C=O) groups is 2. The van der Waals surface area contributed by atoms with E-state index in [9.17, 15) is 18.0 Å². The van der Waals surface area contributed by atoms with E-state index in [1.54, 1.807) is 6.92 Å². The summed E-state index contributed by atoms with van der Waals surface area (Å²) < 4.78 is 25.4. The van der Waals surface area contributed by atoms with Crippen LogP contribution in [0.2, 0.25) is 0 Å². The monoisotopic (exact) mass is 306 g/mol. The molecular weight excluding hydrogens is 284 g/mol. The summed E-state index contributed by atoms with van der Waals surface area (Å²) in [6.07, 6.45) is 2.13. The largest absolute Gasteiger partial charge is 0.481 e. The number of rotatable bonds is 9. The van der Waals surface area contributed by atoms with Crippen molar-refractivity contribution in [3.8, 4) is 0 Å². The molecule has 2 unspecified atom stereocenters. The van der Waals surface area contributed by atoms with E-state index in [0.717, 1.165) is 12.8 Å². The Hall–Kier alpha value is -1.15. The number of amides is 1. The van der Waals surface area contributed by atoms with Crippen molar-refractivity contribution in [2.24, 2.45) is 5.92 Å². The maximum atomic E-state index is 11.9. The van der Waals surface area contributed by atoms with Gasteiger partial charge in [-0.3, -0.25) is 9.59 Å². The van der Waals surface area contributed by atoms with Gasteiger partial charge >= 0.3 is 5.97 Å². The molecule has 20 heavy (non-hydrogen) atoms. The second-order valence-electron chi connectivity index (χ2n) is 5.21. The molecule has 1 aliphatic rings. The lowest BCUT2D eigenvalue weighted by Gasteiger charge is -2.20. The highest BCUT2D eigenvalue weighted by atomic mass is 32.2. The summed E-state index contributed by atoms with van der Waals surface area (Å²) in [6, 6.07) is -1.32. The van der Waals surface area contributed by atoms with Crippen molar-refractivity contribution in [1.82, 2.24) is 10.0 Å². The van der Waals surface area contributed by atoms with Crippen LogP contribution in [0.3, 0.4) is 0 Å². The van der Waals surface area contributed by atoms with Gasteiger partial charge in [0.25, 0.3) is 0 Å². The first-order chi connectivity index (χ1) is 9.25. The number of sulfonamides is 1. The van der Waals surface area contributed by atoms with Crippen molar-refractivity contribution in [2.45, 2.75) is 51.6 Å². The predicted molar refractivity (Wildman–Crippen MR) is 73.6 cm³/mol. The summed E-state index contributed by atoms with van der Waals surface area (Å²) in [7, 11) is -3.47. The highest BCUT2D eigenvalue weighted by Crippen LogP contribution is 2.34. The number of aliphatic carboxylic acids is 1. The van der Waals surface area contributed by atoms with E-state index in [-0.39, 0.29) is 18.1 Å². The van der Waals surface area contributed by atoms with Crippen LogP contribution in [0.25, 0.3) is 0 Å². The van der Waals surface area contributed by atoms with Crippen LogP contribution in [-0.4, -0.2) is 43.2 Å². The summed E-state index contributed by atoms with van der Waals surface area (Å²) in [4.78, 5) is 22.7. The molecule has 1 fully saturated rings. The van der Waals surface area contributed by atoms with Crippen molar-refractivity contribution < 1.29 is 23.1 Å². The quantitative estimate of drug-likeness (QED) is 0.558. The van der Waals surface area contributed by atoms with Gasteiger partial charge in [-0.15, -0.1) is 0 Å². The molecule has 1 saturated carbocycles. The van der Waals surface area contributed by atoms with Crippen LogP contribution in [0.5, 0.6) is 0 Å². The molecule has 8 heteroatoms. The summed E-state index contributed by atoms with van der Waals surface area (Å²) in [5, 5.41) is 11.4. The van der Waals surface area contributed by atoms with Crippen LogP contribution in [0, 0.1) is 5.92 Å². The lowest BCUT2D eigenvalue weighted by Crippen LogP contribution is -2.49. The maximum Gasteiger partial charge on any atom is 0.305 e. The minimum Gasteiger partial charge on any atom is -0.481 e. The Kier molecular flexibility index (Phi) is 5.94.